The molecule has 116 valence electrons. The molecule has 0 saturated carbocycles. The summed E-state index contributed by atoms with van der Waals surface area (Å²) in [4.78, 5) is 11.6. The van der Waals surface area contributed by atoms with Crippen LogP contribution in [0, 0.1) is 11.8 Å². The number of amides is 1. The van der Waals surface area contributed by atoms with Crippen LogP contribution in [0.4, 0.5) is 0 Å². The van der Waals surface area contributed by atoms with Gasteiger partial charge in [-0.15, -0.1) is 0 Å². The summed E-state index contributed by atoms with van der Waals surface area (Å²) >= 11 is 0. The molecule has 1 aromatic rings. The fraction of sp³-hybridized carbons (Fsp3) is 0.588. The second-order valence-electron chi connectivity index (χ2n) is 6.01. The number of carbonyl (C=O) groups excluding carboxylic acids is 1. The Balaban J connectivity index is 1.90. The van der Waals surface area contributed by atoms with Gasteiger partial charge in [0.1, 0.15) is 5.75 Å². The van der Waals surface area contributed by atoms with Crippen molar-refractivity contribution >= 4 is 5.91 Å². The molecule has 1 heterocycles. The van der Waals surface area contributed by atoms with Crippen LogP contribution in [0.25, 0.3) is 0 Å². The predicted octanol–water partition coefficient (Wildman–Crippen LogP) is 2.51. The van der Waals surface area contributed by atoms with Gasteiger partial charge in [-0.05, 0) is 43.0 Å². The van der Waals surface area contributed by atoms with E-state index in [0.717, 1.165) is 31.7 Å². The molecule has 0 spiro atoms. The highest BCUT2D eigenvalue weighted by Gasteiger charge is 2.24. The molecule has 0 radical (unpaired) electrons. The van der Waals surface area contributed by atoms with Crippen molar-refractivity contribution in [1.82, 2.24) is 10.6 Å². The summed E-state index contributed by atoms with van der Waals surface area (Å²) in [6, 6.07) is 8.52. The molecule has 4 heteroatoms. The second kappa shape index (κ2) is 7.46. The fourth-order valence-electron chi connectivity index (χ4n) is 2.88. The van der Waals surface area contributed by atoms with Gasteiger partial charge in [-0.3, -0.25) is 4.79 Å². The lowest BCUT2D eigenvalue weighted by Gasteiger charge is -2.24. The molecule has 1 aromatic carbocycles. The van der Waals surface area contributed by atoms with Gasteiger partial charge in [0.2, 0.25) is 5.91 Å². The van der Waals surface area contributed by atoms with Crippen molar-refractivity contribution < 1.29 is 9.53 Å². The lowest BCUT2D eigenvalue weighted by atomic mass is 9.95. The summed E-state index contributed by atoms with van der Waals surface area (Å²) in [5, 5.41) is 6.49. The van der Waals surface area contributed by atoms with E-state index in [1.54, 1.807) is 7.11 Å². The highest BCUT2D eigenvalue weighted by Crippen LogP contribution is 2.24. The molecule has 2 rings (SSSR count). The molecule has 0 unspecified atom stereocenters. The quantitative estimate of drug-likeness (QED) is 0.811. The molecule has 1 fully saturated rings. The Morgan fingerprint density at radius 1 is 1.33 bits per heavy atom. The molecule has 1 aliphatic rings. The summed E-state index contributed by atoms with van der Waals surface area (Å²) in [7, 11) is 1.68. The maximum absolute atomic E-state index is 11.6. The number of ether oxygens (including phenoxy) is 1. The zero-order valence-electron chi connectivity index (χ0n) is 13.2. The first kappa shape index (κ1) is 15.8. The number of rotatable bonds is 7. The number of benzene rings is 1. The van der Waals surface area contributed by atoms with Crippen LogP contribution in [0.15, 0.2) is 24.3 Å². The van der Waals surface area contributed by atoms with Crippen molar-refractivity contribution in [3.05, 3.63) is 29.8 Å². The van der Waals surface area contributed by atoms with Gasteiger partial charge in [0.05, 0.1) is 7.11 Å². The summed E-state index contributed by atoms with van der Waals surface area (Å²) in [5.74, 6) is 1.77. The Labute approximate surface area is 127 Å². The van der Waals surface area contributed by atoms with Crippen LogP contribution in [0.3, 0.4) is 0 Å². The number of carbonyl (C=O) groups is 1. The molecule has 0 aromatic heterocycles. The average molecular weight is 290 g/mol. The molecular weight excluding hydrogens is 264 g/mol. The maximum atomic E-state index is 11.6. The Bertz CT molecular complexity index is 456. The van der Waals surface area contributed by atoms with Gasteiger partial charge >= 0.3 is 0 Å². The van der Waals surface area contributed by atoms with Crippen molar-refractivity contribution in [2.45, 2.75) is 32.7 Å². The standard InChI is InChI=1S/C17H26N2O2/c1-12(2)16(13-4-6-15(21-3)7-5-13)18-10-8-14-9-11-19-17(14)20/h4-7,12,14,16,18H,8-11H2,1-3H3,(H,19,20)/t14-,16+/m1/s1. The van der Waals surface area contributed by atoms with E-state index in [4.69, 9.17) is 4.74 Å². The van der Waals surface area contributed by atoms with Gasteiger partial charge in [-0.25, -0.2) is 0 Å². The highest BCUT2D eigenvalue weighted by atomic mass is 16.5. The Hall–Kier alpha value is -1.55. The van der Waals surface area contributed by atoms with Gasteiger partial charge in [-0.1, -0.05) is 26.0 Å². The molecular formula is C17H26N2O2. The van der Waals surface area contributed by atoms with Gasteiger partial charge in [0.15, 0.2) is 0 Å². The summed E-state index contributed by atoms with van der Waals surface area (Å²) < 4.78 is 5.21. The van der Waals surface area contributed by atoms with Crippen LogP contribution < -0.4 is 15.4 Å². The molecule has 4 nitrogen and oxygen atoms in total. The van der Waals surface area contributed by atoms with Crippen LogP contribution >= 0.6 is 0 Å². The summed E-state index contributed by atoms with van der Waals surface area (Å²) in [6.45, 7) is 6.12. The minimum Gasteiger partial charge on any atom is -0.497 e. The normalized spacial score (nSPS) is 19.6. The molecule has 1 aliphatic heterocycles. The van der Waals surface area contributed by atoms with Crippen molar-refractivity contribution in [2.24, 2.45) is 11.8 Å². The number of nitrogens with one attached hydrogen (secondary N) is 2. The van der Waals surface area contributed by atoms with Gasteiger partial charge in [-0.2, -0.15) is 0 Å². The third-order valence-electron chi connectivity index (χ3n) is 4.16. The van der Waals surface area contributed by atoms with E-state index >= 15 is 0 Å². The van der Waals surface area contributed by atoms with Crippen LogP contribution in [0.1, 0.15) is 38.3 Å². The van der Waals surface area contributed by atoms with Crippen molar-refractivity contribution in [2.75, 3.05) is 20.2 Å². The van der Waals surface area contributed by atoms with Crippen molar-refractivity contribution in [3.63, 3.8) is 0 Å². The minimum absolute atomic E-state index is 0.182. The molecule has 1 saturated heterocycles. The third kappa shape index (κ3) is 4.21. The first-order valence-corrected chi connectivity index (χ1v) is 7.77. The Morgan fingerprint density at radius 3 is 2.57 bits per heavy atom. The Morgan fingerprint density at radius 2 is 2.05 bits per heavy atom. The number of hydrogen-bond acceptors (Lipinski definition) is 3. The minimum atomic E-state index is 0.182. The zero-order chi connectivity index (χ0) is 15.2. The van der Waals surface area contributed by atoms with Crippen molar-refractivity contribution in [1.29, 1.82) is 0 Å². The molecule has 0 aliphatic carbocycles. The maximum Gasteiger partial charge on any atom is 0.223 e. The van der Waals surface area contributed by atoms with E-state index in [0.29, 0.717) is 12.0 Å². The third-order valence-corrected chi connectivity index (χ3v) is 4.16. The second-order valence-corrected chi connectivity index (χ2v) is 6.01. The first-order chi connectivity index (χ1) is 10.1. The molecule has 2 N–H and O–H groups in total. The van der Waals surface area contributed by atoms with E-state index < -0.39 is 0 Å². The summed E-state index contributed by atoms with van der Waals surface area (Å²) in [5.41, 5.74) is 1.27. The molecule has 0 bridgehead atoms. The van der Waals surface area contributed by atoms with Crippen LogP contribution in [0.5, 0.6) is 5.75 Å². The van der Waals surface area contributed by atoms with Gasteiger partial charge < -0.3 is 15.4 Å². The lowest BCUT2D eigenvalue weighted by molar-refractivity contribution is -0.122. The predicted molar refractivity (Wildman–Crippen MR) is 84.3 cm³/mol. The van der Waals surface area contributed by atoms with Crippen LogP contribution in [-0.4, -0.2) is 26.1 Å². The largest absolute Gasteiger partial charge is 0.497 e. The van der Waals surface area contributed by atoms with E-state index in [1.807, 2.05) is 12.1 Å². The zero-order valence-corrected chi connectivity index (χ0v) is 13.2. The van der Waals surface area contributed by atoms with Gasteiger partial charge in [0.25, 0.3) is 0 Å². The van der Waals surface area contributed by atoms with Crippen molar-refractivity contribution in [3.8, 4) is 5.75 Å². The average Bonchev–Trinajstić information content (AvgIpc) is 2.89. The molecule has 1 amide bonds. The first-order valence-electron chi connectivity index (χ1n) is 7.77. The van der Waals surface area contributed by atoms with Crippen LogP contribution in [0.2, 0.25) is 0 Å². The van der Waals surface area contributed by atoms with E-state index in [-0.39, 0.29) is 11.8 Å². The van der Waals surface area contributed by atoms with E-state index in [2.05, 4.69) is 36.6 Å². The monoisotopic (exact) mass is 290 g/mol. The topological polar surface area (TPSA) is 50.4 Å². The number of hydrogen-bond donors (Lipinski definition) is 2. The SMILES string of the molecule is COc1ccc([C@@H](NCC[C@@H]2CCNC2=O)C(C)C)cc1. The van der Waals surface area contributed by atoms with Gasteiger partial charge in [0, 0.05) is 18.5 Å². The van der Waals surface area contributed by atoms with Crippen LogP contribution in [-0.2, 0) is 4.79 Å². The number of methoxy groups -OCH3 is 1. The lowest BCUT2D eigenvalue weighted by Crippen LogP contribution is -2.29. The molecule has 21 heavy (non-hydrogen) atoms. The fourth-order valence-corrected chi connectivity index (χ4v) is 2.88. The smallest absolute Gasteiger partial charge is 0.223 e. The summed E-state index contributed by atoms with van der Waals surface area (Å²) in [6.07, 6.45) is 1.88. The Kier molecular flexibility index (Phi) is 5.62. The van der Waals surface area contributed by atoms with E-state index in [9.17, 15) is 4.79 Å². The van der Waals surface area contributed by atoms with E-state index in [1.165, 1.54) is 5.56 Å². The molecule has 2 atom stereocenters. The highest BCUT2D eigenvalue weighted by molar-refractivity contribution is 5.80.